The first-order chi connectivity index (χ1) is 11.6. The molecular formula is C17H15N3O4. The van der Waals surface area contributed by atoms with Gasteiger partial charge >= 0.3 is 12.0 Å². The lowest BCUT2D eigenvalue weighted by molar-refractivity contribution is -0.133. The van der Waals surface area contributed by atoms with Gasteiger partial charge in [0.2, 0.25) is 0 Å². The molecule has 4 N–H and O–H groups in total. The highest BCUT2D eigenvalue weighted by Crippen LogP contribution is 2.37. The number of ether oxygens (including phenoxy) is 1. The summed E-state index contributed by atoms with van der Waals surface area (Å²) < 4.78 is 5.24. The van der Waals surface area contributed by atoms with Crippen molar-refractivity contribution >= 4 is 17.7 Å². The van der Waals surface area contributed by atoms with Crippen LogP contribution < -0.4 is 15.9 Å². The summed E-state index contributed by atoms with van der Waals surface area (Å²) >= 11 is 0. The highest BCUT2D eigenvalue weighted by molar-refractivity contribution is 6.06. The summed E-state index contributed by atoms with van der Waals surface area (Å²) in [5.74, 6) is -0.484. The van der Waals surface area contributed by atoms with Crippen LogP contribution in [0.4, 0.5) is 4.79 Å². The molecule has 7 nitrogen and oxygen atoms in total. The Bertz CT molecular complexity index is 832. The minimum atomic E-state index is -0.836. The highest BCUT2D eigenvalue weighted by Gasteiger charge is 2.34. The van der Waals surface area contributed by atoms with E-state index in [0.717, 1.165) is 5.56 Å². The van der Waals surface area contributed by atoms with E-state index in [1.807, 2.05) is 6.07 Å². The molecule has 0 saturated heterocycles. The molecule has 0 radical (unpaired) electrons. The van der Waals surface area contributed by atoms with Gasteiger partial charge in [-0.05, 0) is 18.2 Å². The summed E-state index contributed by atoms with van der Waals surface area (Å²) in [5, 5.41) is 14.0. The summed E-state index contributed by atoms with van der Waals surface area (Å²) in [6.07, 6.45) is 0.147. The number of nitrogens with one attached hydrogen (secondary N) is 1. The molecule has 0 unspecified atom stereocenters. The third-order valence-electron chi connectivity index (χ3n) is 3.70. The number of primary amides is 1. The Morgan fingerprint density at radius 2 is 1.92 bits per heavy atom. The van der Waals surface area contributed by atoms with Crippen molar-refractivity contribution in [1.29, 1.82) is 0 Å². The van der Waals surface area contributed by atoms with Gasteiger partial charge in [0.1, 0.15) is 11.5 Å². The first-order valence-corrected chi connectivity index (χ1v) is 7.27. The number of fused-ring (bicyclic) bond motifs is 1. The molecule has 24 heavy (non-hydrogen) atoms. The van der Waals surface area contributed by atoms with Gasteiger partial charge in [-0.25, -0.2) is 10.2 Å². The number of aromatic hydroxyl groups is 1. The normalized spacial score (nSPS) is 16.4. The largest absolute Gasteiger partial charge is 0.507 e. The van der Waals surface area contributed by atoms with Crippen LogP contribution in [0.2, 0.25) is 0 Å². The highest BCUT2D eigenvalue weighted by atomic mass is 16.5. The van der Waals surface area contributed by atoms with E-state index in [4.69, 9.17) is 10.5 Å². The van der Waals surface area contributed by atoms with Gasteiger partial charge < -0.3 is 15.6 Å². The van der Waals surface area contributed by atoms with Gasteiger partial charge in [-0.1, -0.05) is 30.3 Å². The minimum Gasteiger partial charge on any atom is -0.507 e. The quantitative estimate of drug-likeness (QED) is 0.344. The van der Waals surface area contributed by atoms with Crippen molar-refractivity contribution in [2.75, 3.05) is 0 Å². The Labute approximate surface area is 137 Å². The molecule has 3 rings (SSSR count). The number of nitrogens with two attached hydrogens (primary N) is 1. The number of phenolic OH excluding ortho intramolecular Hbond substituents is 1. The topological polar surface area (TPSA) is 114 Å². The van der Waals surface area contributed by atoms with Crippen molar-refractivity contribution in [2.24, 2.45) is 10.8 Å². The fourth-order valence-electron chi connectivity index (χ4n) is 2.61. The van der Waals surface area contributed by atoms with Gasteiger partial charge in [-0.15, -0.1) is 0 Å². The molecule has 0 fully saturated rings. The number of carbonyl (C=O) groups excluding carboxylic acids is 2. The van der Waals surface area contributed by atoms with Crippen LogP contribution in [-0.2, 0) is 4.79 Å². The van der Waals surface area contributed by atoms with Crippen LogP contribution >= 0.6 is 0 Å². The Morgan fingerprint density at radius 3 is 2.67 bits per heavy atom. The lowest BCUT2D eigenvalue weighted by Gasteiger charge is -2.12. The van der Waals surface area contributed by atoms with Crippen LogP contribution in [0, 0.1) is 0 Å². The van der Waals surface area contributed by atoms with Crippen LogP contribution in [0.15, 0.2) is 53.6 Å². The molecule has 122 valence electrons. The molecule has 0 spiro atoms. The third-order valence-corrected chi connectivity index (χ3v) is 3.70. The first kappa shape index (κ1) is 15.5. The van der Waals surface area contributed by atoms with Crippen molar-refractivity contribution in [3.63, 3.8) is 0 Å². The molecule has 2 aromatic carbocycles. The maximum atomic E-state index is 12.2. The number of hydrazone groups is 1. The van der Waals surface area contributed by atoms with Gasteiger partial charge in [-0.2, -0.15) is 5.10 Å². The van der Waals surface area contributed by atoms with Gasteiger partial charge in [-0.3, -0.25) is 4.79 Å². The van der Waals surface area contributed by atoms with Crippen LogP contribution in [0.5, 0.6) is 11.5 Å². The number of esters is 1. The third kappa shape index (κ3) is 3.05. The molecule has 1 aliphatic heterocycles. The molecule has 1 heterocycles. The number of amides is 2. The fourth-order valence-corrected chi connectivity index (χ4v) is 2.61. The van der Waals surface area contributed by atoms with E-state index in [1.165, 1.54) is 6.07 Å². The smallest absolute Gasteiger partial charge is 0.332 e. The zero-order valence-electron chi connectivity index (χ0n) is 12.6. The zero-order valence-corrected chi connectivity index (χ0v) is 12.6. The predicted molar refractivity (Wildman–Crippen MR) is 86.8 cm³/mol. The van der Waals surface area contributed by atoms with Crippen molar-refractivity contribution < 1.29 is 19.4 Å². The molecule has 1 aliphatic rings. The Balaban J connectivity index is 1.96. The number of phenols is 1. The second-order valence-electron chi connectivity index (χ2n) is 5.27. The van der Waals surface area contributed by atoms with E-state index >= 15 is 0 Å². The molecule has 7 heteroatoms. The molecule has 0 aliphatic carbocycles. The Kier molecular flexibility index (Phi) is 4.15. The monoisotopic (exact) mass is 325 g/mol. The van der Waals surface area contributed by atoms with Gasteiger partial charge in [0.15, 0.2) is 0 Å². The predicted octanol–water partition coefficient (Wildman–Crippen LogP) is 1.86. The van der Waals surface area contributed by atoms with E-state index in [1.54, 1.807) is 36.4 Å². The van der Waals surface area contributed by atoms with Crippen LogP contribution in [-0.4, -0.2) is 22.8 Å². The molecule has 0 bridgehead atoms. The average molecular weight is 325 g/mol. The number of urea groups is 1. The van der Waals surface area contributed by atoms with E-state index in [-0.39, 0.29) is 12.2 Å². The van der Waals surface area contributed by atoms with Gasteiger partial charge in [0.25, 0.3) is 0 Å². The van der Waals surface area contributed by atoms with Crippen LogP contribution in [0.25, 0.3) is 0 Å². The van der Waals surface area contributed by atoms with Gasteiger partial charge in [0.05, 0.1) is 11.6 Å². The second-order valence-corrected chi connectivity index (χ2v) is 5.27. The molecule has 1 atom stereocenters. The fraction of sp³-hybridized carbons (Fsp3) is 0.118. The summed E-state index contributed by atoms with van der Waals surface area (Å²) in [6, 6.07) is 12.8. The van der Waals surface area contributed by atoms with Crippen molar-refractivity contribution in [3.05, 3.63) is 59.7 Å². The average Bonchev–Trinajstić information content (AvgIpc) is 2.87. The maximum Gasteiger partial charge on any atom is 0.332 e. The number of carbonyl (C=O) groups is 2. The minimum absolute atomic E-state index is 0.0119. The Morgan fingerprint density at radius 1 is 1.21 bits per heavy atom. The molecule has 0 saturated carbocycles. The number of para-hydroxylation sites is 2. The van der Waals surface area contributed by atoms with Gasteiger partial charge in [0, 0.05) is 17.5 Å². The molecular weight excluding hydrogens is 310 g/mol. The molecule has 2 amide bonds. The summed E-state index contributed by atoms with van der Waals surface area (Å²) in [7, 11) is 0. The van der Waals surface area contributed by atoms with Crippen molar-refractivity contribution in [3.8, 4) is 11.5 Å². The van der Waals surface area contributed by atoms with E-state index < -0.39 is 17.9 Å². The van der Waals surface area contributed by atoms with Crippen molar-refractivity contribution in [2.45, 2.75) is 12.3 Å². The lowest BCUT2D eigenvalue weighted by Crippen LogP contribution is -2.27. The molecule has 0 aromatic heterocycles. The van der Waals surface area contributed by atoms with Crippen LogP contribution in [0.3, 0.4) is 0 Å². The number of rotatable bonds is 4. The van der Waals surface area contributed by atoms with E-state index in [2.05, 4.69) is 10.5 Å². The second kappa shape index (κ2) is 6.41. The summed E-state index contributed by atoms with van der Waals surface area (Å²) in [5.41, 5.74) is 8.68. The number of hydrogen-bond acceptors (Lipinski definition) is 5. The number of benzene rings is 2. The summed E-state index contributed by atoms with van der Waals surface area (Å²) in [4.78, 5) is 23.1. The summed E-state index contributed by atoms with van der Waals surface area (Å²) in [6.45, 7) is 0. The Hall–Kier alpha value is -3.35. The number of hydrogen-bond donors (Lipinski definition) is 3. The zero-order chi connectivity index (χ0) is 17.1. The maximum absolute atomic E-state index is 12.2. The van der Waals surface area contributed by atoms with E-state index in [0.29, 0.717) is 17.0 Å². The van der Waals surface area contributed by atoms with Crippen LogP contribution in [0.1, 0.15) is 23.5 Å². The van der Waals surface area contributed by atoms with E-state index in [9.17, 15) is 14.7 Å². The first-order valence-electron chi connectivity index (χ1n) is 7.27. The standard InChI is InChI=1S/C17H15N3O4/c18-17(23)20-19-13(11-6-1-3-7-14(11)21)9-12-10-5-2-4-8-15(10)24-16(12)22/h1-8,12,21H,9H2,(H3,18,20,23)/b19-13+/t12-/m0/s1. The molecule has 2 aromatic rings. The lowest BCUT2D eigenvalue weighted by atomic mass is 9.92. The van der Waals surface area contributed by atoms with Crippen molar-refractivity contribution in [1.82, 2.24) is 5.43 Å². The number of nitrogens with zero attached hydrogens (tertiary/aromatic N) is 1. The SMILES string of the molecule is NC(=O)N/N=C(\C[C@@H]1C(=O)Oc2ccccc21)c1ccccc1O.